The van der Waals surface area contributed by atoms with Gasteiger partial charge in [0.15, 0.2) is 0 Å². The fraction of sp³-hybridized carbons (Fsp3) is 0.900. The normalized spacial score (nSPS) is 21.1. The molecule has 0 saturated carbocycles. The van der Waals surface area contributed by atoms with E-state index >= 15 is 0 Å². The van der Waals surface area contributed by atoms with Crippen LogP contribution in [-0.2, 0) is 4.79 Å². The highest BCUT2D eigenvalue weighted by atomic mass is 35.5. The fourth-order valence-electron chi connectivity index (χ4n) is 1.78. The third-order valence-electron chi connectivity index (χ3n) is 2.49. The van der Waals surface area contributed by atoms with Crippen molar-refractivity contribution < 1.29 is 4.79 Å². The zero-order valence-corrected chi connectivity index (χ0v) is 10.1. The van der Waals surface area contributed by atoms with Crippen molar-refractivity contribution in [3.05, 3.63) is 0 Å². The Morgan fingerprint density at radius 1 is 1.57 bits per heavy atom. The highest BCUT2D eigenvalue weighted by Gasteiger charge is 2.26. The summed E-state index contributed by atoms with van der Waals surface area (Å²) < 4.78 is 0. The third-order valence-corrected chi connectivity index (χ3v) is 2.49. The molecule has 0 aromatic heterocycles. The van der Waals surface area contributed by atoms with Crippen molar-refractivity contribution >= 4 is 18.3 Å². The number of amides is 1. The van der Waals surface area contributed by atoms with E-state index in [2.05, 4.69) is 12.2 Å². The van der Waals surface area contributed by atoms with Gasteiger partial charge in [-0.25, -0.2) is 0 Å². The van der Waals surface area contributed by atoms with Crippen LogP contribution < -0.4 is 5.32 Å². The molecule has 1 rings (SSSR count). The van der Waals surface area contributed by atoms with Crippen molar-refractivity contribution in [2.75, 3.05) is 19.6 Å². The van der Waals surface area contributed by atoms with Crippen molar-refractivity contribution in [1.29, 1.82) is 0 Å². The summed E-state index contributed by atoms with van der Waals surface area (Å²) in [5, 5.41) is 3.37. The Hall–Kier alpha value is -0.280. The van der Waals surface area contributed by atoms with Gasteiger partial charge >= 0.3 is 0 Å². The molecule has 1 saturated heterocycles. The van der Waals surface area contributed by atoms with Crippen molar-refractivity contribution in [2.24, 2.45) is 5.92 Å². The summed E-state index contributed by atoms with van der Waals surface area (Å²) in [7, 11) is 0. The number of likely N-dealkylation sites (tertiary alicyclic amines) is 1. The van der Waals surface area contributed by atoms with Crippen molar-refractivity contribution in [1.82, 2.24) is 10.2 Å². The van der Waals surface area contributed by atoms with Gasteiger partial charge in [0.1, 0.15) is 0 Å². The van der Waals surface area contributed by atoms with Gasteiger partial charge in [-0.1, -0.05) is 20.8 Å². The highest BCUT2D eigenvalue weighted by molar-refractivity contribution is 5.85. The Balaban J connectivity index is 0.00000169. The second kappa shape index (κ2) is 6.25. The van der Waals surface area contributed by atoms with E-state index in [1.54, 1.807) is 0 Å². The number of nitrogens with zero attached hydrogens (tertiary/aromatic N) is 1. The largest absolute Gasteiger partial charge is 0.341 e. The summed E-state index contributed by atoms with van der Waals surface area (Å²) >= 11 is 0. The van der Waals surface area contributed by atoms with Crippen LogP contribution in [0.1, 0.15) is 27.2 Å². The molecule has 0 aromatic rings. The van der Waals surface area contributed by atoms with Crippen LogP contribution in [0.5, 0.6) is 0 Å². The van der Waals surface area contributed by atoms with Crippen LogP contribution in [-0.4, -0.2) is 36.5 Å². The monoisotopic (exact) mass is 220 g/mol. The lowest BCUT2D eigenvalue weighted by atomic mass is 10.2. The van der Waals surface area contributed by atoms with Gasteiger partial charge in [-0.15, -0.1) is 12.4 Å². The lowest BCUT2D eigenvalue weighted by Gasteiger charge is -2.18. The minimum Gasteiger partial charge on any atom is -0.341 e. The summed E-state index contributed by atoms with van der Waals surface area (Å²) in [4.78, 5) is 13.6. The van der Waals surface area contributed by atoms with Crippen LogP contribution in [0.15, 0.2) is 0 Å². The molecule has 1 aliphatic heterocycles. The number of nitrogens with one attached hydrogen (secondary N) is 1. The molecule has 1 unspecified atom stereocenters. The average Bonchev–Trinajstić information content (AvgIpc) is 2.52. The molecule has 1 fully saturated rings. The first kappa shape index (κ1) is 13.7. The van der Waals surface area contributed by atoms with Crippen LogP contribution in [0.4, 0.5) is 0 Å². The SMILES string of the molecule is CCNC1CCN(C(=O)C(C)C)C1.Cl. The number of likely N-dealkylation sites (N-methyl/N-ethyl adjacent to an activating group) is 1. The Kier molecular flexibility index (Phi) is 6.12. The van der Waals surface area contributed by atoms with Gasteiger partial charge < -0.3 is 10.2 Å². The first-order valence-electron chi connectivity index (χ1n) is 5.17. The van der Waals surface area contributed by atoms with Gasteiger partial charge in [0.05, 0.1) is 0 Å². The van der Waals surface area contributed by atoms with E-state index in [9.17, 15) is 4.79 Å². The molecule has 84 valence electrons. The summed E-state index contributed by atoms with van der Waals surface area (Å²) in [6, 6.07) is 0.521. The van der Waals surface area contributed by atoms with E-state index in [0.29, 0.717) is 11.9 Å². The van der Waals surface area contributed by atoms with Gasteiger partial charge in [0.25, 0.3) is 0 Å². The molecule has 0 aliphatic carbocycles. The molecular weight excluding hydrogens is 200 g/mol. The Morgan fingerprint density at radius 3 is 2.71 bits per heavy atom. The van der Waals surface area contributed by atoms with Gasteiger partial charge in [0.2, 0.25) is 5.91 Å². The molecule has 3 nitrogen and oxygen atoms in total. The van der Waals surface area contributed by atoms with Crippen molar-refractivity contribution in [3.8, 4) is 0 Å². The maximum Gasteiger partial charge on any atom is 0.225 e. The maximum absolute atomic E-state index is 11.6. The van der Waals surface area contributed by atoms with Gasteiger partial charge in [-0.2, -0.15) is 0 Å². The topological polar surface area (TPSA) is 32.3 Å². The number of rotatable bonds is 3. The Labute approximate surface area is 92.6 Å². The van der Waals surface area contributed by atoms with E-state index in [1.165, 1.54) is 0 Å². The minimum absolute atomic E-state index is 0. The zero-order valence-electron chi connectivity index (χ0n) is 9.25. The van der Waals surface area contributed by atoms with Crippen molar-refractivity contribution in [2.45, 2.75) is 33.2 Å². The minimum atomic E-state index is 0. The first-order chi connectivity index (χ1) is 6.15. The van der Waals surface area contributed by atoms with Crippen molar-refractivity contribution in [3.63, 3.8) is 0 Å². The number of carbonyl (C=O) groups excluding carboxylic acids is 1. The van der Waals surface area contributed by atoms with Crippen LogP contribution in [0, 0.1) is 5.92 Å². The van der Waals surface area contributed by atoms with E-state index in [-0.39, 0.29) is 18.3 Å². The average molecular weight is 221 g/mol. The lowest BCUT2D eigenvalue weighted by Crippen LogP contribution is -2.36. The van der Waals surface area contributed by atoms with E-state index in [4.69, 9.17) is 0 Å². The molecule has 1 amide bonds. The second-order valence-corrected chi connectivity index (χ2v) is 3.98. The van der Waals surface area contributed by atoms with E-state index in [1.807, 2.05) is 18.7 Å². The molecular formula is C10H21ClN2O. The summed E-state index contributed by atoms with van der Waals surface area (Å²) in [6.07, 6.45) is 1.10. The van der Waals surface area contributed by atoms with Gasteiger partial charge in [-0.3, -0.25) is 4.79 Å². The molecule has 0 spiro atoms. The quantitative estimate of drug-likeness (QED) is 0.777. The highest BCUT2D eigenvalue weighted by Crippen LogP contribution is 2.12. The molecule has 14 heavy (non-hydrogen) atoms. The number of hydrogen-bond acceptors (Lipinski definition) is 2. The van der Waals surface area contributed by atoms with E-state index < -0.39 is 0 Å². The van der Waals surface area contributed by atoms with Crippen LogP contribution >= 0.6 is 12.4 Å². The zero-order chi connectivity index (χ0) is 9.84. The third kappa shape index (κ3) is 3.46. The fourth-order valence-corrected chi connectivity index (χ4v) is 1.78. The van der Waals surface area contributed by atoms with Crippen LogP contribution in [0.25, 0.3) is 0 Å². The predicted molar refractivity (Wildman–Crippen MR) is 60.7 cm³/mol. The molecule has 1 heterocycles. The molecule has 1 N–H and O–H groups in total. The Bertz CT molecular complexity index is 185. The maximum atomic E-state index is 11.6. The summed E-state index contributed by atoms with van der Waals surface area (Å²) in [5.41, 5.74) is 0. The molecule has 4 heteroatoms. The smallest absolute Gasteiger partial charge is 0.225 e. The number of carbonyl (C=O) groups is 1. The molecule has 0 radical (unpaired) electrons. The standard InChI is InChI=1S/C10H20N2O.ClH/c1-4-11-9-5-6-12(7-9)10(13)8(2)3;/h8-9,11H,4-7H2,1-3H3;1H. The van der Waals surface area contributed by atoms with Gasteiger partial charge in [0, 0.05) is 25.0 Å². The molecule has 1 atom stereocenters. The van der Waals surface area contributed by atoms with E-state index in [0.717, 1.165) is 26.1 Å². The van der Waals surface area contributed by atoms with Gasteiger partial charge in [-0.05, 0) is 13.0 Å². The lowest BCUT2D eigenvalue weighted by molar-refractivity contribution is -0.133. The summed E-state index contributed by atoms with van der Waals surface area (Å²) in [5.74, 6) is 0.431. The molecule has 0 aromatic carbocycles. The molecule has 1 aliphatic rings. The van der Waals surface area contributed by atoms with Crippen LogP contribution in [0.2, 0.25) is 0 Å². The number of hydrogen-bond donors (Lipinski definition) is 1. The first-order valence-corrected chi connectivity index (χ1v) is 5.17. The predicted octanol–water partition coefficient (Wildman–Crippen LogP) is 1.27. The summed E-state index contributed by atoms with van der Waals surface area (Å²) in [6.45, 7) is 8.84. The molecule has 0 bridgehead atoms. The second-order valence-electron chi connectivity index (χ2n) is 3.98. The number of halogens is 1. The van der Waals surface area contributed by atoms with Crippen LogP contribution in [0.3, 0.4) is 0 Å². The Morgan fingerprint density at radius 2 is 2.21 bits per heavy atom.